The molecule has 0 unspecified atom stereocenters. The van der Waals surface area contributed by atoms with Gasteiger partial charge in [0.05, 0.1) is 10.5 Å². The summed E-state index contributed by atoms with van der Waals surface area (Å²) < 4.78 is 47.7. The lowest BCUT2D eigenvalue weighted by Gasteiger charge is -2.36. The summed E-state index contributed by atoms with van der Waals surface area (Å²) in [4.78, 5) is 6.98. The zero-order valence-corrected chi connectivity index (χ0v) is 19.3. The van der Waals surface area contributed by atoms with Crippen molar-refractivity contribution < 1.29 is 17.5 Å². The first-order chi connectivity index (χ1) is 15.8. The summed E-state index contributed by atoms with van der Waals surface area (Å²) in [7, 11) is -3.78. The fraction of sp³-hybridized carbons (Fsp3) is 0.240. The van der Waals surface area contributed by atoms with Crippen LogP contribution in [0.3, 0.4) is 0 Å². The van der Waals surface area contributed by atoms with E-state index in [1.165, 1.54) is 16.4 Å². The predicted octanol–water partition coefficient (Wildman–Crippen LogP) is 4.63. The van der Waals surface area contributed by atoms with E-state index < -0.39 is 15.8 Å². The van der Waals surface area contributed by atoms with Crippen LogP contribution in [0.25, 0.3) is 0 Å². The highest BCUT2D eigenvalue weighted by molar-refractivity contribution is 7.89. The van der Waals surface area contributed by atoms with Crippen molar-refractivity contribution in [1.82, 2.24) is 9.21 Å². The highest BCUT2D eigenvalue weighted by atomic mass is 32.2. The van der Waals surface area contributed by atoms with Crippen LogP contribution in [0.15, 0.2) is 70.6 Å². The summed E-state index contributed by atoms with van der Waals surface area (Å²) in [5.74, 6) is 1.64. The molecule has 8 heteroatoms. The van der Waals surface area contributed by atoms with Gasteiger partial charge < -0.3 is 9.64 Å². The molecular formula is C25H24FN3O3S. The minimum atomic E-state index is -3.78. The topological polar surface area (TPSA) is 62.2 Å². The van der Waals surface area contributed by atoms with Gasteiger partial charge >= 0.3 is 0 Å². The van der Waals surface area contributed by atoms with E-state index >= 15 is 0 Å². The fourth-order valence-corrected chi connectivity index (χ4v) is 5.54. The van der Waals surface area contributed by atoms with Crippen LogP contribution in [0.1, 0.15) is 16.7 Å². The Bertz CT molecular complexity index is 1360. The lowest BCUT2D eigenvalue weighted by atomic mass is 10.1. The number of nitrogens with zero attached hydrogens (tertiary/aromatic N) is 3. The fourth-order valence-electron chi connectivity index (χ4n) is 4.10. The Morgan fingerprint density at radius 2 is 1.67 bits per heavy atom. The molecular weight excluding hydrogens is 441 g/mol. The number of rotatable bonds is 2. The van der Waals surface area contributed by atoms with Crippen LogP contribution in [0, 0.1) is 19.7 Å². The first-order valence-corrected chi connectivity index (χ1v) is 12.2. The smallest absolute Gasteiger partial charge is 0.243 e. The van der Waals surface area contributed by atoms with E-state index in [0.29, 0.717) is 24.4 Å². The van der Waals surface area contributed by atoms with E-state index in [1.807, 2.05) is 49.4 Å². The minimum Gasteiger partial charge on any atom is -0.454 e. The van der Waals surface area contributed by atoms with Crippen LogP contribution in [0.5, 0.6) is 11.5 Å². The van der Waals surface area contributed by atoms with Crippen molar-refractivity contribution in [3.05, 3.63) is 83.2 Å². The molecule has 3 aromatic rings. The van der Waals surface area contributed by atoms with Gasteiger partial charge in [-0.2, -0.15) is 4.31 Å². The van der Waals surface area contributed by atoms with Crippen LogP contribution in [-0.4, -0.2) is 49.6 Å². The molecule has 2 heterocycles. The van der Waals surface area contributed by atoms with Gasteiger partial charge in [0.15, 0.2) is 5.75 Å². The molecule has 0 amide bonds. The van der Waals surface area contributed by atoms with E-state index in [-0.39, 0.29) is 18.0 Å². The summed E-state index contributed by atoms with van der Waals surface area (Å²) >= 11 is 0. The molecule has 2 aliphatic rings. The standard InChI is InChI=1S/C25H24FN3O3S/c1-17-7-10-23-20(15-17)25(27-22-5-3-4-6-24(22)32-23)28-11-13-29(14-12-28)33(30,31)19-9-8-18(2)21(26)16-19/h3-10,15-16H,11-14H2,1-2H3. The van der Waals surface area contributed by atoms with E-state index in [2.05, 4.69) is 4.90 Å². The predicted molar refractivity (Wildman–Crippen MR) is 125 cm³/mol. The van der Waals surface area contributed by atoms with Gasteiger partial charge in [0.25, 0.3) is 0 Å². The van der Waals surface area contributed by atoms with Crippen LogP contribution >= 0.6 is 0 Å². The van der Waals surface area contributed by atoms with Gasteiger partial charge in [-0.15, -0.1) is 0 Å². The van der Waals surface area contributed by atoms with Crippen molar-refractivity contribution in [2.75, 3.05) is 26.2 Å². The first-order valence-electron chi connectivity index (χ1n) is 10.8. The van der Waals surface area contributed by atoms with Crippen molar-refractivity contribution in [2.24, 2.45) is 4.99 Å². The summed E-state index contributed by atoms with van der Waals surface area (Å²) in [5, 5.41) is 0. The number of ether oxygens (including phenoxy) is 1. The van der Waals surface area contributed by atoms with Crippen LogP contribution in [0.4, 0.5) is 10.1 Å². The molecule has 6 nitrogen and oxygen atoms in total. The third-order valence-corrected chi connectivity index (χ3v) is 7.90. The van der Waals surface area contributed by atoms with Crippen molar-refractivity contribution in [3.8, 4) is 11.5 Å². The molecule has 0 bridgehead atoms. The number of fused-ring (bicyclic) bond motifs is 2. The van der Waals surface area contributed by atoms with Gasteiger partial charge in [-0.3, -0.25) is 0 Å². The van der Waals surface area contributed by atoms with E-state index in [0.717, 1.165) is 34.5 Å². The molecule has 0 radical (unpaired) electrons. The van der Waals surface area contributed by atoms with E-state index in [9.17, 15) is 12.8 Å². The van der Waals surface area contributed by atoms with Crippen LogP contribution < -0.4 is 4.74 Å². The molecule has 1 fully saturated rings. The van der Waals surface area contributed by atoms with Crippen molar-refractivity contribution >= 4 is 21.5 Å². The minimum absolute atomic E-state index is 0.0193. The number of aryl methyl sites for hydroxylation is 2. The number of hydrogen-bond acceptors (Lipinski definition) is 5. The SMILES string of the molecule is Cc1ccc2c(c1)C(N1CCN(S(=O)(=O)c3ccc(C)c(F)c3)CC1)=Nc1ccccc1O2. The molecule has 2 aliphatic heterocycles. The maximum Gasteiger partial charge on any atom is 0.243 e. The Morgan fingerprint density at radius 1 is 0.909 bits per heavy atom. The normalized spacial score (nSPS) is 16.3. The van der Waals surface area contributed by atoms with Gasteiger partial charge in [0, 0.05) is 26.2 Å². The second-order valence-corrected chi connectivity index (χ2v) is 10.2. The van der Waals surface area contributed by atoms with Gasteiger partial charge in [-0.1, -0.05) is 29.8 Å². The number of sulfonamides is 1. The second kappa shape index (κ2) is 8.28. The molecule has 0 aliphatic carbocycles. The monoisotopic (exact) mass is 465 g/mol. The number of amidine groups is 1. The third-order valence-electron chi connectivity index (χ3n) is 6.01. The first kappa shape index (κ1) is 21.6. The zero-order valence-electron chi connectivity index (χ0n) is 18.5. The Morgan fingerprint density at radius 3 is 2.42 bits per heavy atom. The number of piperazine rings is 1. The second-order valence-electron chi connectivity index (χ2n) is 8.31. The molecule has 0 N–H and O–H groups in total. The summed E-state index contributed by atoms with van der Waals surface area (Å²) in [5.41, 5.74) is 3.11. The largest absolute Gasteiger partial charge is 0.454 e. The zero-order chi connectivity index (χ0) is 23.2. The quantitative estimate of drug-likeness (QED) is 0.554. The Kier molecular flexibility index (Phi) is 5.42. The highest BCUT2D eigenvalue weighted by Gasteiger charge is 2.32. The van der Waals surface area contributed by atoms with Gasteiger partial charge in [0.2, 0.25) is 10.0 Å². The Hall–Kier alpha value is -3.23. The Labute approximate surface area is 193 Å². The average molecular weight is 466 g/mol. The maximum absolute atomic E-state index is 14.0. The molecule has 33 heavy (non-hydrogen) atoms. The van der Waals surface area contributed by atoms with Crippen LogP contribution in [0.2, 0.25) is 0 Å². The molecule has 0 saturated carbocycles. The van der Waals surface area contributed by atoms with Crippen molar-refractivity contribution in [3.63, 3.8) is 0 Å². The summed E-state index contributed by atoms with van der Waals surface area (Å²) in [6.07, 6.45) is 0. The molecule has 3 aromatic carbocycles. The molecule has 5 rings (SSSR count). The lowest BCUT2D eigenvalue weighted by Crippen LogP contribution is -2.50. The lowest BCUT2D eigenvalue weighted by molar-refractivity contribution is 0.266. The van der Waals surface area contributed by atoms with E-state index in [1.54, 1.807) is 6.92 Å². The molecule has 0 spiro atoms. The van der Waals surface area contributed by atoms with Crippen LogP contribution in [-0.2, 0) is 10.0 Å². The van der Waals surface area contributed by atoms with Gasteiger partial charge in [-0.25, -0.2) is 17.8 Å². The Balaban J connectivity index is 1.44. The number of halogens is 1. The summed E-state index contributed by atoms with van der Waals surface area (Å²) in [6, 6.07) is 17.6. The maximum atomic E-state index is 14.0. The van der Waals surface area contributed by atoms with Crippen molar-refractivity contribution in [1.29, 1.82) is 0 Å². The number of hydrogen-bond donors (Lipinski definition) is 0. The number of para-hydroxylation sites is 2. The van der Waals surface area contributed by atoms with Crippen molar-refractivity contribution in [2.45, 2.75) is 18.7 Å². The molecule has 0 aromatic heterocycles. The number of benzene rings is 3. The molecule has 170 valence electrons. The molecule has 0 atom stereocenters. The van der Waals surface area contributed by atoms with Gasteiger partial charge in [0.1, 0.15) is 23.1 Å². The van der Waals surface area contributed by atoms with Gasteiger partial charge in [-0.05, 0) is 55.8 Å². The third kappa shape index (κ3) is 4.00. The average Bonchev–Trinajstić information content (AvgIpc) is 2.97. The van der Waals surface area contributed by atoms with E-state index in [4.69, 9.17) is 9.73 Å². The molecule has 1 saturated heterocycles. The number of aliphatic imine (C=N–C) groups is 1. The summed E-state index contributed by atoms with van der Waals surface area (Å²) in [6.45, 7) is 5.10. The highest BCUT2D eigenvalue weighted by Crippen LogP contribution is 2.38.